The van der Waals surface area contributed by atoms with Gasteiger partial charge in [0.05, 0.1) is 13.3 Å². The van der Waals surface area contributed by atoms with Crippen molar-refractivity contribution in [1.82, 2.24) is 4.90 Å². The van der Waals surface area contributed by atoms with Crippen LogP contribution in [0.15, 0.2) is 0 Å². The fraction of sp³-hybridized carbons (Fsp3) is 0.875. The Kier molecular flexibility index (Phi) is 2.92. The first-order valence-electron chi connectivity index (χ1n) is 3.95. The van der Waals surface area contributed by atoms with Crippen LogP contribution in [0.1, 0.15) is 25.7 Å². The van der Waals surface area contributed by atoms with Crippen molar-refractivity contribution < 1.29 is 0 Å². The van der Waals surface area contributed by atoms with Gasteiger partial charge in [0.2, 0.25) is 0 Å². The van der Waals surface area contributed by atoms with Crippen LogP contribution in [0.2, 0.25) is 0 Å². The van der Waals surface area contributed by atoms with Gasteiger partial charge in [-0.15, -0.1) is 0 Å². The molecule has 0 aromatic carbocycles. The Bertz CT molecular complexity index is 65.0. The van der Waals surface area contributed by atoms with Crippen LogP contribution in [-0.4, -0.2) is 24.5 Å². The maximum atomic E-state index is 3.82. The van der Waals surface area contributed by atoms with Crippen LogP contribution < -0.4 is 0 Å². The Morgan fingerprint density at radius 3 is 2.44 bits per heavy atom. The van der Waals surface area contributed by atoms with Gasteiger partial charge in [0.25, 0.3) is 0 Å². The summed E-state index contributed by atoms with van der Waals surface area (Å²) in [6.07, 6.45) is 5.20. The Labute approximate surface area is 58.0 Å². The van der Waals surface area contributed by atoms with Crippen molar-refractivity contribution in [3.63, 3.8) is 0 Å². The summed E-state index contributed by atoms with van der Waals surface area (Å²) in [6, 6.07) is 0. The zero-order valence-corrected chi connectivity index (χ0v) is 6.10. The topological polar surface area (TPSA) is 3.24 Å². The van der Waals surface area contributed by atoms with Crippen LogP contribution in [-0.2, 0) is 0 Å². The predicted octanol–water partition coefficient (Wildman–Crippen LogP) is 1.70. The lowest BCUT2D eigenvalue weighted by Gasteiger charge is -2.11. The van der Waals surface area contributed by atoms with E-state index in [-0.39, 0.29) is 0 Å². The molecule has 1 rings (SSSR count). The predicted molar refractivity (Wildman–Crippen MR) is 40.3 cm³/mol. The van der Waals surface area contributed by atoms with E-state index in [4.69, 9.17) is 0 Å². The second kappa shape index (κ2) is 3.78. The van der Waals surface area contributed by atoms with Gasteiger partial charge < -0.3 is 4.90 Å². The third-order valence-corrected chi connectivity index (χ3v) is 1.92. The number of rotatable bonds is 3. The molecule has 0 unspecified atom stereocenters. The number of nitrogens with zero attached hydrogens (tertiary/aromatic N) is 1. The average Bonchev–Trinajstić information content (AvgIpc) is 2.34. The van der Waals surface area contributed by atoms with Crippen molar-refractivity contribution in [2.24, 2.45) is 0 Å². The molecule has 0 amide bonds. The van der Waals surface area contributed by atoms with Crippen LogP contribution in [0.25, 0.3) is 0 Å². The van der Waals surface area contributed by atoms with Crippen molar-refractivity contribution in [1.29, 1.82) is 0 Å². The molecule has 1 nitrogen and oxygen atoms in total. The first-order chi connectivity index (χ1) is 4.43. The van der Waals surface area contributed by atoms with E-state index in [1.165, 1.54) is 38.9 Å². The maximum Gasteiger partial charge on any atom is 0.0862 e. The minimum atomic E-state index is 1.09. The second-order valence-electron chi connectivity index (χ2n) is 2.76. The van der Waals surface area contributed by atoms with Crippen molar-refractivity contribution in [3.8, 4) is 0 Å². The lowest BCUT2D eigenvalue weighted by Crippen LogP contribution is -2.19. The molecule has 0 aliphatic carbocycles. The van der Waals surface area contributed by atoms with Crippen molar-refractivity contribution in [2.45, 2.75) is 25.7 Å². The average molecular weight is 126 g/mol. The summed E-state index contributed by atoms with van der Waals surface area (Å²) in [7, 11) is 0. The smallest absolute Gasteiger partial charge is 0.0862 e. The summed E-state index contributed by atoms with van der Waals surface area (Å²) in [5.41, 5.74) is 0. The fourth-order valence-electron chi connectivity index (χ4n) is 1.34. The number of hydrogen-bond acceptors (Lipinski definition) is 1. The van der Waals surface area contributed by atoms with Gasteiger partial charge in [0.1, 0.15) is 0 Å². The second-order valence-corrected chi connectivity index (χ2v) is 2.76. The highest BCUT2D eigenvalue weighted by molar-refractivity contribution is 4.65. The zero-order valence-electron chi connectivity index (χ0n) is 6.10. The Morgan fingerprint density at radius 1 is 1.22 bits per heavy atom. The van der Waals surface area contributed by atoms with Gasteiger partial charge in [-0.3, -0.25) is 0 Å². The third kappa shape index (κ3) is 2.27. The van der Waals surface area contributed by atoms with E-state index in [0.717, 1.165) is 6.42 Å². The summed E-state index contributed by atoms with van der Waals surface area (Å²) in [4.78, 5) is 2.53. The van der Waals surface area contributed by atoms with E-state index >= 15 is 0 Å². The van der Waals surface area contributed by atoms with Crippen molar-refractivity contribution in [2.75, 3.05) is 19.6 Å². The van der Waals surface area contributed by atoms with Gasteiger partial charge in [0, 0.05) is 13.0 Å². The minimum Gasteiger partial charge on any atom is -0.303 e. The van der Waals surface area contributed by atoms with Crippen molar-refractivity contribution in [3.05, 3.63) is 6.92 Å². The first-order valence-corrected chi connectivity index (χ1v) is 3.95. The lowest BCUT2D eigenvalue weighted by atomic mass is 10.3. The van der Waals surface area contributed by atoms with E-state index in [0.29, 0.717) is 0 Å². The fourth-order valence-corrected chi connectivity index (χ4v) is 1.34. The molecule has 0 N–H and O–H groups in total. The normalized spacial score (nSPS) is 20.9. The largest absolute Gasteiger partial charge is 0.303 e. The zero-order chi connectivity index (χ0) is 6.53. The van der Waals surface area contributed by atoms with Crippen LogP contribution in [0.3, 0.4) is 0 Å². The number of unbranched alkanes of at least 4 members (excludes halogenated alkanes) is 1. The van der Waals surface area contributed by atoms with Crippen LogP contribution in [0, 0.1) is 6.92 Å². The highest BCUT2D eigenvalue weighted by Gasteiger charge is 2.09. The molecule has 1 heterocycles. The van der Waals surface area contributed by atoms with Gasteiger partial charge in [-0.2, -0.15) is 0 Å². The molecule has 0 radical (unpaired) electrons. The molecule has 0 spiro atoms. The third-order valence-electron chi connectivity index (χ3n) is 1.92. The van der Waals surface area contributed by atoms with Gasteiger partial charge >= 0.3 is 0 Å². The Hall–Kier alpha value is -0.170. The molecule has 1 heteroatoms. The van der Waals surface area contributed by atoms with E-state index < -0.39 is 0 Å². The van der Waals surface area contributed by atoms with Crippen LogP contribution >= 0.6 is 0 Å². The highest BCUT2D eigenvalue weighted by atomic mass is 15.1. The van der Waals surface area contributed by atoms with Crippen LogP contribution in [0.4, 0.5) is 0 Å². The maximum absolute atomic E-state index is 3.82. The molecular weight excluding hydrogens is 110 g/mol. The summed E-state index contributed by atoms with van der Waals surface area (Å²) in [5, 5.41) is 0. The van der Waals surface area contributed by atoms with E-state index in [1.807, 2.05) is 0 Å². The first kappa shape index (κ1) is 6.94. The lowest BCUT2D eigenvalue weighted by molar-refractivity contribution is 0.335. The monoisotopic (exact) mass is 126 g/mol. The summed E-state index contributed by atoms with van der Waals surface area (Å²) in [5.74, 6) is 0. The van der Waals surface area contributed by atoms with Gasteiger partial charge in [0.15, 0.2) is 0 Å². The van der Waals surface area contributed by atoms with E-state index in [1.54, 1.807) is 0 Å². The summed E-state index contributed by atoms with van der Waals surface area (Å²) in [6.45, 7) is 7.77. The Balaban J connectivity index is 1.98. The van der Waals surface area contributed by atoms with Gasteiger partial charge in [-0.25, -0.2) is 0 Å². The molecule has 52 valence electrons. The quantitative estimate of drug-likeness (QED) is 0.520. The standard InChI is InChI=1S/C8H16N/c1-2-3-6-9-7-4-5-8-9/h1-8H2/q+1. The van der Waals surface area contributed by atoms with Crippen molar-refractivity contribution >= 4 is 0 Å². The molecule has 0 atom stereocenters. The molecule has 0 aromatic heterocycles. The Morgan fingerprint density at radius 2 is 1.89 bits per heavy atom. The molecule has 1 aliphatic heterocycles. The molecule has 0 aromatic rings. The number of hydrogen-bond donors (Lipinski definition) is 0. The van der Waals surface area contributed by atoms with E-state index in [9.17, 15) is 0 Å². The van der Waals surface area contributed by atoms with Crippen LogP contribution in [0.5, 0.6) is 0 Å². The molecule has 1 fully saturated rings. The molecular formula is C8H16N+. The molecule has 0 saturated carbocycles. The van der Waals surface area contributed by atoms with Gasteiger partial charge in [-0.1, -0.05) is 0 Å². The molecule has 1 saturated heterocycles. The highest BCUT2D eigenvalue weighted by Crippen LogP contribution is 2.07. The molecule has 9 heavy (non-hydrogen) atoms. The van der Waals surface area contributed by atoms with E-state index in [2.05, 4.69) is 11.8 Å². The SMILES string of the molecule is [CH2+]CCCN1CCCC1. The van der Waals surface area contributed by atoms with Gasteiger partial charge in [-0.05, 0) is 25.9 Å². The number of likely N-dealkylation sites (tertiary alicyclic amines) is 1. The summed E-state index contributed by atoms with van der Waals surface area (Å²) >= 11 is 0. The molecule has 1 aliphatic rings. The summed E-state index contributed by atoms with van der Waals surface area (Å²) < 4.78 is 0. The minimum absolute atomic E-state index is 1.09. The molecule has 0 bridgehead atoms.